The molecule has 6 aromatic rings. The van der Waals surface area contributed by atoms with Gasteiger partial charge in [-0.2, -0.15) is 63.6 Å². The summed E-state index contributed by atoms with van der Waals surface area (Å²) in [6.45, 7) is 3.26. The molecule has 2 saturated heterocycles. The fourth-order valence-corrected chi connectivity index (χ4v) is 12.2. The molecule has 1 radical (unpaired) electrons. The maximum absolute atomic E-state index is 13.2. The number of hydrogen-bond acceptors (Lipinski definition) is 28. The van der Waals surface area contributed by atoms with E-state index in [1.165, 1.54) is 72.8 Å². The largest absolute Gasteiger partial charge is 0.450 e. The molecule has 0 bridgehead atoms. The molecule has 1 aliphatic carbocycles. The number of rotatable bonds is 19. The topological polar surface area (TPSA) is 440 Å². The molecule has 2 aromatic heterocycles. The zero-order valence-corrected chi connectivity index (χ0v) is 51.7. The maximum Gasteiger partial charge on any atom is 0.300 e. The van der Waals surface area contributed by atoms with Crippen LogP contribution in [0.15, 0.2) is 102 Å². The molecule has 2 fully saturated rings. The van der Waals surface area contributed by atoms with Gasteiger partial charge in [0.2, 0.25) is 35.7 Å². The molecule has 0 amide bonds. The van der Waals surface area contributed by atoms with E-state index in [9.17, 15) is 51.9 Å². The van der Waals surface area contributed by atoms with Gasteiger partial charge in [-0.25, -0.2) is 4.98 Å². The molecule has 0 saturated carbocycles. The van der Waals surface area contributed by atoms with E-state index in [0.29, 0.717) is 52.6 Å². The number of benzene rings is 5. The van der Waals surface area contributed by atoms with Crippen LogP contribution in [0.5, 0.6) is 11.5 Å². The number of morpholine rings is 2. The average molecular weight is 1330 g/mol. The number of fused-ring (bicyclic) bond motifs is 4. The summed E-state index contributed by atoms with van der Waals surface area (Å²) in [4.78, 5) is 37.2. The molecular formula is C48H46Cl2N16NaO16S4. The number of nitrogens with one attached hydrogen (secondary N) is 6. The van der Waals surface area contributed by atoms with Crippen molar-refractivity contribution in [1.82, 2.24) is 34.9 Å². The molecule has 0 unspecified atom stereocenters. The Morgan fingerprint density at radius 2 is 1.10 bits per heavy atom. The summed E-state index contributed by atoms with van der Waals surface area (Å²) in [6, 6.07) is 16.0. The van der Waals surface area contributed by atoms with Gasteiger partial charge in [-0.1, -0.05) is 35.3 Å². The fourth-order valence-electron chi connectivity index (χ4n) is 9.01. The average Bonchev–Trinajstić information content (AvgIpc) is 0.824. The number of ether oxygens (including phenoxy) is 3. The van der Waals surface area contributed by atoms with Gasteiger partial charge >= 0.3 is 10.1 Å². The van der Waals surface area contributed by atoms with Crippen LogP contribution >= 0.6 is 23.2 Å². The second-order valence-electron chi connectivity index (χ2n) is 18.7. The Labute approximate surface area is 526 Å². The minimum Gasteiger partial charge on any atom is -0.450 e. The number of hydrogen-bond donors (Lipinski definition) is 10. The quantitative estimate of drug-likeness (QED) is 0.0226. The Balaban J connectivity index is 0.00000838. The molecule has 5 aliphatic rings. The molecule has 87 heavy (non-hydrogen) atoms. The maximum atomic E-state index is 13.2. The summed E-state index contributed by atoms with van der Waals surface area (Å²) in [7, 11) is -19.3. The van der Waals surface area contributed by atoms with E-state index in [0.717, 1.165) is 0 Å². The zero-order valence-electron chi connectivity index (χ0n) is 45.0. The van der Waals surface area contributed by atoms with E-state index in [2.05, 4.69) is 71.8 Å². The van der Waals surface area contributed by atoms with Gasteiger partial charge in [-0.15, -0.1) is 0 Å². The van der Waals surface area contributed by atoms with Crippen molar-refractivity contribution in [2.75, 3.05) is 120 Å². The first-order chi connectivity index (χ1) is 40.9. The van der Waals surface area contributed by atoms with Gasteiger partial charge in [0.15, 0.2) is 32.6 Å². The molecule has 6 heterocycles. The van der Waals surface area contributed by atoms with Gasteiger partial charge in [0.1, 0.15) is 26.9 Å². The molecule has 11 rings (SSSR count). The first-order valence-corrected chi connectivity index (χ1v) is 31.9. The van der Waals surface area contributed by atoms with E-state index < -0.39 is 61.8 Å². The van der Waals surface area contributed by atoms with Crippen LogP contribution in [0.2, 0.25) is 10.0 Å². The van der Waals surface area contributed by atoms with Crippen molar-refractivity contribution in [2.24, 2.45) is 4.99 Å². The number of halogens is 2. The Morgan fingerprint density at radius 1 is 0.575 bits per heavy atom. The SMILES string of the molecule is O=S(=O)(O)c1cccc(Nc2nc(NCCN=c3ccc4nc5c(Cl)c6c(c(Cl)c5oc-4c3S(=O)(=O)O)Nc3ccc(NCCNc4nc(Nc5cccc(S(=O)(=O)O)c5)nc(N5CCOCC5)n4)c(S(=O)(=O)O)c3O6)nc(N3CCOCC3)n2)c1.[Na]. The van der Waals surface area contributed by atoms with Crippen LogP contribution in [0, 0.1) is 0 Å². The van der Waals surface area contributed by atoms with Crippen molar-refractivity contribution in [2.45, 2.75) is 19.6 Å². The standard InChI is InChI=1S/C48H46Cl2N16O16S4.Na/c49-33-36-40(82-38-30(58-36)8-10-32(42(38)86(76,77)78)52-12-14-54-44-60-46(64-48(62-44)66-17-21-80-22-18-66)56-26-4-2-6-28(24-26)84(70,71)72)34(50)35-39(33)81-37-29(57-35)7-9-31(41(37)85(73,74)75)51-11-13-53-43-59-45(63-47(61-43)65-15-19-79-20-16-65)55-25-3-1-5-27(23-25)83(67,68)69;/h1-10,23-24,51,57H,11-22H2,(H,67,68,69)(H,70,71,72)(H,73,74,75)(H,76,77,78)(H2,53,55,59,61,63)(H2,54,56,60,62,64);. The predicted octanol–water partition coefficient (Wildman–Crippen LogP) is 4.76. The third kappa shape index (κ3) is 14.2. The van der Waals surface area contributed by atoms with E-state index >= 15 is 0 Å². The Morgan fingerprint density at radius 3 is 1.64 bits per heavy atom. The van der Waals surface area contributed by atoms with Crippen LogP contribution < -0.4 is 51.8 Å². The molecule has 39 heteroatoms. The van der Waals surface area contributed by atoms with Crippen LogP contribution in [-0.4, -0.2) is 195 Å². The van der Waals surface area contributed by atoms with Crippen molar-refractivity contribution < 1.29 is 70.5 Å². The van der Waals surface area contributed by atoms with Gasteiger partial charge < -0.3 is 60.3 Å². The van der Waals surface area contributed by atoms with Crippen molar-refractivity contribution in [1.29, 1.82) is 0 Å². The smallest absolute Gasteiger partial charge is 0.300 e. The van der Waals surface area contributed by atoms with Crippen LogP contribution in [0.4, 0.5) is 64.1 Å². The van der Waals surface area contributed by atoms with E-state index in [1.807, 2.05) is 9.80 Å². The van der Waals surface area contributed by atoms with Gasteiger partial charge in [0, 0.05) is 86.7 Å². The minimum absolute atomic E-state index is 0. The molecule has 0 spiro atoms. The summed E-state index contributed by atoms with van der Waals surface area (Å²) >= 11 is 13.9. The number of aromatic nitrogens is 7. The van der Waals surface area contributed by atoms with Crippen molar-refractivity contribution in [3.63, 3.8) is 0 Å². The Hall–Kier alpha value is -7.14. The van der Waals surface area contributed by atoms with Gasteiger partial charge in [-0.05, 0) is 60.7 Å². The molecule has 4 aliphatic heterocycles. The molecular weight excluding hydrogens is 1280 g/mol. The molecule has 4 aromatic carbocycles. The first kappa shape index (κ1) is 62.9. The predicted molar refractivity (Wildman–Crippen MR) is 317 cm³/mol. The van der Waals surface area contributed by atoms with Crippen LogP contribution in [0.3, 0.4) is 0 Å². The monoisotopic (exact) mass is 1320 g/mol. The summed E-state index contributed by atoms with van der Waals surface area (Å²) < 4.78 is 164. The minimum atomic E-state index is -5.14. The molecule has 32 nitrogen and oxygen atoms in total. The second kappa shape index (κ2) is 25.5. The van der Waals surface area contributed by atoms with Crippen LogP contribution in [0.1, 0.15) is 0 Å². The second-order valence-corrected chi connectivity index (χ2v) is 25.0. The van der Waals surface area contributed by atoms with Gasteiger partial charge in [0.05, 0.1) is 59.5 Å². The zero-order chi connectivity index (χ0) is 60.7. The fraction of sp³-hybridized carbons (Fsp3) is 0.250. The third-order valence-corrected chi connectivity index (χ3v) is 17.1. The Kier molecular flexibility index (Phi) is 18.5. The summed E-state index contributed by atoms with van der Waals surface area (Å²) in [5.74, 6) is -0.498. The third-order valence-electron chi connectivity index (χ3n) is 12.9. The molecule has 10 N–H and O–H groups in total. The van der Waals surface area contributed by atoms with Crippen molar-refractivity contribution in [3.8, 4) is 23.0 Å². The Bertz CT molecular complexity index is 4510. The number of nitrogens with zero attached hydrogens (tertiary/aromatic N) is 10. The first-order valence-electron chi connectivity index (χ1n) is 25.4. The van der Waals surface area contributed by atoms with E-state index in [4.69, 9.17) is 41.8 Å². The normalized spacial score (nSPS) is 14.8. The molecule has 453 valence electrons. The van der Waals surface area contributed by atoms with Gasteiger partial charge in [0.25, 0.3) is 30.4 Å². The summed E-state index contributed by atoms with van der Waals surface area (Å²) in [5, 5.41) is 17.0. The van der Waals surface area contributed by atoms with Crippen LogP contribution in [0.25, 0.3) is 22.6 Å². The number of anilines is 11. The van der Waals surface area contributed by atoms with Crippen LogP contribution in [-0.2, 0) is 49.9 Å². The van der Waals surface area contributed by atoms with E-state index in [-0.39, 0.29) is 168 Å². The summed E-state index contributed by atoms with van der Waals surface area (Å²) in [6.07, 6.45) is 0. The van der Waals surface area contributed by atoms with Crippen molar-refractivity contribution in [3.05, 3.63) is 88.2 Å². The van der Waals surface area contributed by atoms with E-state index in [1.54, 1.807) is 0 Å². The van der Waals surface area contributed by atoms with Gasteiger partial charge in [-0.3, -0.25) is 23.2 Å². The summed E-state index contributed by atoms with van der Waals surface area (Å²) in [5.41, 5.74) is -0.381. The van der Waals surface area contributed by atoms with Crippen molar-refractivity contribution >= 4 is 168 Å². The molecule has 0 atom stereocenters.